The van der Waals surface area contributed by atoms with Crippen LogP contribution in [0.5, 0.6) is 0 Å². The number of hydrogen-bond acceptors (Lipinski definition) is 3. The van der Waals surface area contributed by atoms with E-state index in [9.17, 15) is 9.59 Å². The lowest BCUT2D eigenvalue weighted by molar-refractivity contribution is -0.129. The summed E-state index contributed by atoms with van der Waals surface area (Å²) >= 11 is 0. The van der Waals surface area contributed by atoms with Gasteiger partial charge < -0.3 is 10.6 Å². The van der Waals surface area contributed by atoms with Crippen molar-refractivity contribution in [1.82, 2.24) is 15.6 Å². The number of carbonyl (C=O) groups is 2. The van der Waals surface area contributed by atoms with Crippen molar-refractivity contribution in [3.63, 3.8) is 0 Å². The maximum Gasteiger partial charge on any atom is 0.239 e. The van der Waals surface area contributed by atoms with Crippen LogP contribution in [0.25, 0.3) is 0 Å². The van der Waals surface area contributed by atoms with Crippen LogP contribution < -0.4 is 10.6 Å². The first kappa shape index (κ1) is 15.5. The number of hydrogen-bond donors (Lipinski definition) is 2. The summed E-state index contributed by atoms with van der Waals surface area (Å²) in [5, 5.41) is 5.62. The smallest absolute Gasteiger partial charge is 0.239 e. The highest BCUT2D eigenvalue weighted by molar-refractivity contribution is 5.86. The van der Waals surface area contributed by atoms with E-state index in [2.05, 4.69) is 15.6 Å². The Kier molecular flexibility index (Phi) is 5.72. The van der Waals surface area contributed by atoms with Crippen molar-refractivity contribution in [1.29, 1.82) is 0 Å². The number of aromatic nitrogens is 1. The molecule has 1 aliphatic rings. The molecule has 0 radical (unpaired) electrons. The molecule has 1 fully saturated rings. The minimum absolute atomic E-state index is 0.0152. The maximum atomic E-state index is 12.0. The van der Waals surface area contributed by atoms with E-state index in [1.807, 2.05) is 19.1 Å². The standard InChI is InChI=1S/C16H23N3O2/c1-12(13-7-9-17-10-8-13)19-15(20)11-18-16(21)14-5-3-2-4-6-14/h7-10,12,14H,2-6,11H2,1H3,(H,18,21)(H,19,20). The Hall–Kier alpha value is -1.91. The topological polar surface area (TPSA) is 71.1 Å². The maximum absolute atomic E-state index is 12.0. The van der Waals surface area contributed by atoms with Crippen LogP contribution in [0, 0.1) is 5.92 Å². The Balaban J connectivity index is 1.73. The lowest BCUT2D eigenvalue weighted by atomic mass is 9.89. The van der Waals surface area contributed by atoms with E-state index in [1.54, 1.807) is 12.4 Å². The summed E-state index contributed by atoms with van der Waals surface area (Å²) in [7, 11) is 0. The Bertz CT molecular complexity index is 470. The second kappa shape index (κ2) is 7.76. The first-order valence-electron chi connectivity index (χ1n) is 7.64. The zero-order valence-electron chi connectivity index (χ0n) is 12.5. The molecule has 2 rings (SSSR count). The normalized spacial score (nSPS) is 17.0. The van der Waals surface area contributed by atoms with Crippen molar-refractivity contribution in [2.75, 3.05) is 6.54 Å². The second-order valence-corrected chi connectivity index (χ2v) is 5.62. The van der Waals surface area contributed by atoms with Gasteiger partial charge in [0.2, 0.25) is 11.8 Å². The van der Waals surface area contributed by atoms with Gasteiger partial charge in [-0.25, -0.2) is 0 Å². The largest absolute Gasteiger partial charge is 0.348 e. The van der Waals surface area contributed by atoms with Gasteiger partial charge >= 0.3 is 0 Å². The number of carbonyl (C=O) groups excluding carboxylic acids is 2. The molecule has 2 N–H and O–H groups in total. The summed E-state index contributed by atoms with van der Waals surface area (Å²) in [5.74, 6) is -0.0611. The average Bonchev–Trinajstić information content (AvgIpc) is 2.54. The zero-order chi connectivity index (χ0) is 15.1. The molecule has 1 unspecified atom stereocenters. The minimum Gasteiger partial charge on any atom is -0.348 e. The molecule has 2 amide bonds. The van der Waals surface area contributed by atoms with E-state index in [0.29, 0.717) is 0 Å². The van der Waals surface area contributed by atoms with Crippen LogP contribution in [0.2, 0.25) is 0 Å². The predicted octanol–water partition coefficient (Wildman–Crippen LogP) is 1.96. The van der Waals surface area contributed by atoms with E-state index in [-0.39, 0.29) is 30.3 Å². The molecule has 0 aromatic carbocycles. The third-order valence-corrected chi connectivity index (χ3v) is 3.98. The fraction of sp³-hybridized carbons (Fsp3) is 0.562. The van der Waals surface area contributed by atoms with Crippen molar-refractivity contribution in [3.8, 4) is 0 Å². The fourth-order valence-electron chi connectivity index (χ4n) is 2.70. The van der Waals surface area contributed by atoms with Crippen LogP contribution in [0.4, 0.5) is 0 Å². The minimum atomic E-state index is -0.163. The first-order valence-corrected chi connectivity index (χ1v) is 7.64. The SMILES string of the molecule is CC(NC(=O)CNC(=O)C1CCCCC1)c1ccncc1. The number of nitrogens with zero attached hydrogens (tertiary/aromatic N) is 1. The van der Waals surface area contributed by atoms with Gasteiger partial charge in [-0.05, 0) is 37.5 Å². The van der Waals surface area contributed by atoms with E-state index >= 15 is 0 Å². The van der Waals surface area contributed by atoms with Gasteiger partial charge in [-0.15, -0.1) is 0 Å². The quantitative estimate of drug-likeness (QED) is 0.870. The molecule has 21 heavy (non-hydrogen) atoms. The van der Waals surface area contributed by atoms with Crippen molar-refractivity contribution >= 4 is 11.8 Å². The molecule has 0 saturated heterocycles. The van der Waals surface area contributed by atoms with Crippen LogP contribution in [-0.4, -0.2) is 23.3 Å². The summed E-state index contributed by atoms with van der Waals surface area (Å²) in [5.41, 5.74) is 0.997. The lowest BCUT2D eigenvalue weighted by Gasteiger charge is -2.21. The predicted molar refractivity (Wildman–Crippen MR) is 80.4 cm³/mol. The molecule has 5 heteroatoms. The highest BCUT2D eigenvalue weighted by Gasteiger charge is 2.21. The molecule has 1 atom stereocenters. The van der Waals surface area contributed by atoms with Crippen LogP contribution >= 0.6 is 0 Å². The third-order valence-electron chi connectivity index (χ3n) is 3.98. The number of amides is 2. The van der Waals surface area contributed by atoms with E-state index in [0.717, 1.165) is 31.2 Å². The Labute approximate surface area is 125 Å². The number of nitrogens with one attached hydrogen (secondary N) is 2. The molecule has 1 aromatic rings. The van der Waals surface area contributed by atoms with Crippen LogP contribution in [0.1, 0.15) is 50.6 Å². The molecular weight excluding hydrogens is 266 g/mol. The molecule has 5 nitrogen and oxygen atoms in total. The summed E-state index contributed by atoms with van der Waals surface area (Å²) in [6.07, 6.45) is 8.73. The Morgan fingerprint density at radius 2 is 1.90 bits per heavy atom. The molecule has 1 heterocycles. The molecule has 1 aromatic heterocycles. The molecule has 0 bridgehead atoms. The van der Waals surface area contributed by atoms with Crippen LogP contribution in [-0.2, 0) is 9.59 Å². The Morgan fingerprint density at radius 1 is 1.24 bits per heavy atom. The Morgan fingerprint density at radius 3 is 2.57 bits per heavy atom. The van der Waals surface area contributed by atoms with E-state index < -0.39 is 0 Å². The van der Waals surface area contributed by atoms with E-state index in [4.69, 9.17) is 0 Å². The van der Waals surface area contributed by atoms with Crippen molar-refractivity contribution < 1.29 is 9.59 Å². The van der Waals surface area contributed by atoms with Gasteiger partial charge in [0, 0.05) is 18.3 Å². The molecule has 114 valence electrons. The summed E-state index contributed by atoms with van der Waals surface area (Å²) in [6.45, 7) is 1.96. The highest BCUT2D eigenvalue weighted by atomic mass is 16.2. The van der Waals surface area contributed by atoms with Crippen molar-refractivity contribution in [3.05, 3.63) is 30.1 Å². The van der Waals surface area contributed by atoms with E-state index in [1.165, 1.54) is 6.42 Å². The van der Waals surface area contributed by atoms with Gasteiger partial charge in [-0.3, -0.25) is 14.6 Å². The molecule has 0 spiro atoms. The zero-order valence-corrected chi connectivity index (χ0v) is 12.5. The van der Waals surface area contributed by atoms with Gasteiger partial charge in [-0.2, -0.15) is 0 Å². The third kappa shape index (κ3) is 4.85. The van der Waals surface area contributed by atoms with Gasteiger partial charge in [0.1, 0.15) is 0 Å². The molecule has 1 aliphatic carbocycles. The monoisotopic (exact) mass is 289 g/mol. The van der Waals surface area contributed by atoms with Crippen LogP contribution in [0.15, 0.2) is 24.5 Å². The van der Waals surface area contributed by atoms with Crippen molar-refractivity contribution in [2.45, 2.75) is 45.1 Å². The summed E-state index contributed by atoms with van der Waals surface area (Å²) in [4.78, 5) is 27.8. The summed E-state index contributed by atoms with van der Waals surface area (Å²) in [6, 6.07) is 3.64. The molecule has 1 saturated carbocycles. The number of rotatable bonds is 5. The molecule has 0 aliphatic heterocycles. The lowest BCUT2D eigenvalue weighted by Crippen LogP contribution is -2.40. The number of pyridine rings is 1. The van der Waals surface area contributed by atoms with Crippen molar-refractivity contribution in [2.24, 2.45) is 5.92 Å². The van der Waals surface area contributed by atoms with Crippen LogP contribution in [0.3, 0.4) is 0 Å². The van der Waals surface area contributed by atoms with Gasteiger partial charge in [0.05, 0.1) is 12.6 Å². The summed E-state index contributed by atoms with van der Waals surface area (Å²) < 4.78 is 0. The second-order valence-electron chi connectivity index (χ2n) is 5.62. The van der Waals surface area contributed by atoms with Gasteiger partial charge in [0.25, 0.3) is 0 Å². The average molecular weight is 289 g/mol. The first-order chi connectivity index (χ1) is 10.2. The molecular formula is C16H23N3O2. The highest BCUT2D eigenvalue weighted by Crippen LogP contribution is 2.23. The van der Waals surface area contributed by atoms with Gasteiger partial charge in [0.15, 0.2) is 0 Å². The fourth-order valence-corrected chi connectivity index (χ4v) is 2.70. The van der Waals surface area contributed by atoms with Gasteiger partial charge in [-0.1, -0.05) is 19.3 Å².